The van der Waals surface area contributed by atoms with Crippen molar-refractivity contribution in [2.24, 2.45) is 0 Å². The summed E-state index contributed by atoms with van der Waals surface area (Å²) < 4.78 is 15.5. The summed E-state index contributed by atoms with van der Waals surface area (Å²) in [6, 6.07) is 18.5. The van der Waals surface area contributed by atoms with E-state index in [9.17, 15) is 19.2 Å². The van der Waals surface area contributed by atoms with Crippen molar-refractivity contribution in [1.29, 1.82) is 0 Å². The Bertz CT molecular complexity index is 1360. The van der Waals surface area contributed by atoms with Gasteiger partial charge in [0.25, 0.3) is 5.91 Å². The molecule has 0 radical (unpaired) electrons. The van der Waals surface area contributed by atoms with Crippen LogP contribution < -0.4 is 19.7 Å². The smallest absolute Gasteiger partial charge is 0.337 e. The fraction of sp³-hybridized carbons (Fsp3) is 0.185. The lowest BCUT2D eigenvalue weighted by molar-refractivity contribution is -0.124. The number of carbonyl (C=O) groups is 4. The average molecular weight is 501 g/mol. The number of hydrogen-bond acceptors (Lipinski definition) is 7. The molecule has 0 unspecified atom stereocenters. The van der Waals surface area contributed by atoms with Crippen LogP contribution in [0.4, 0.5) is 16.2 Å². The molecule has 1 atom stereocenters. The molecule has 37 heavy (non-hydrogen) atoms. The van der Waals surface area contributed by atoms with Crippen molar-refractivity contribution in [3.63, 3.8) is 0 Å². The molecule has 1 saturated heterocycles. The second kappa shape index (κ2) is 10.0. The minimum Gasteiger partial charge on any atom is -0.465 e. The molecule has 2 aliphatic rings. The number of hydrogen-bond donors (Lipinski definition) is 1. The van der Waals surface area contributed by atoms with Crippen LogP contribution in [-0.2, 0) is 20.9 Å². The zero-order valence-electron chi connectivity index (χ0n) is 19.9. The molecule has 0 aromatic heterocycles. The minimum absolute atomic E-state index is 0.0936. The van der Waals surface area contributed by atoms with E-state index in [1.807, 2.05) is 0 Å². The fourth-order valence-corrected chi connectivity index (χ4v) is 4.26. The van der Waals surface area contributed by atoms with Gasteiger partial charge in [0, 0.05) is 12.2 Å². The topological polar surface area (TPSA) is 114 Å². The van der Waals surface area contributed by atoms with Crippen molar-refractivity contribution in [2.45, 2.75) is 19.0 Å². The van der Waals surface area contributed by atoms with Crippen molar-refractivity contribution in [3.8, 4) is 11.5 Å². The highest BCUT2D eigenvalue weighted by Crippen LogP contribution is 2.34. The van der Waals surface area contributed by atoms with Crippen LogP contribution in [0, 0.1) is 0 Å². The molecule has 3 aromatic carbocycles. The van der Waals surface area contributed by atoms with Crippen LogP contribution in [0.25, 0.3) is 0 Å². The second-order valence-corrected chi connectivity index (χ2v) is 8.44. The molecule has 10 heteroatoms. The molecule has 1 N–H and O–H groups in total. The molecular formula is C27H23N3O7. The number of amides is 4. The summed E-state index contributed by atoms with van der Waals surface area (Å²) in [7, 11) is 1.28. The van der Waals surface area contributed by atoms with E-state index >= 15 is 0 Å². The molecule has 2 heterocycles. The van der Waals surface area contributed by atoms with Gasteiger partial charge in [-0.15, -0.1) is 0 Å². The van der Waals surface area contributed by atoms with E-state index in [1.165, 1.54) is 24.1 Å². The first-order chi connectivity index (χ1) is 17.9. The predicted molar refractivity (Wildman–Crippen MR) is 132 cm³/mol. The van der Waals surface area contributed by atoms with Crippen LogP contribution >= 0.6 is 0 Å². The monoisotopic (exact) mass is 501 g/mol. The standard InChI is InChI=1S/C27H23N3O7/c1-35-26(33)18-8-10-19(11-9-18)28-24(31)14-21-25(32)30(20-5-3-2-4-6-20)27(34)29(21)15-17-7-12-22-23(13-17)37-16-36-22/h2-13,21H,14-16H2,1H3,(H,28,31)/t21-/m1/s1. The maximum Gasteiger partial charge on any atom is 0.337 e. The highest BCUT2D eigenvalue weighted by molar-refractivity contribution is 6.22. The van der Waals surface area contributed by atoms with Gasteiger partial charge in [0.05, 0.1) is 24.8 Å². The highest BCUT2D eigenvalue weighted by atomic mass is 16.7. The quantitative estimate of drug-likeness (QED) is 0.389. The summed E-state index contributed by atoms with van der Waals surface area (Å²) in [5.74, 6) is -0.281. The number of anilines is 2. The maximum atomic E-state index is 13.4. The molecule has 188 valence electrons. The molecule has 0 aliphatic carbocycles. The van der Waals surface area contributed by atoms with Crippen LogP contribution in [0.15, 0.2) is 72.8 Å². The van der Waals surface area contributed by atoms with Gasteiger partial charge in [0.15, 0.2) is 11.5 Å². The second-order valence-electron chi connectivity index (χ2n) is 8.44. The largest absolute Gasteiger partial charge is 0.465 e. The van der Waals surface area contributed by atoms with E-state index < -0.39 is 29.9 Å². The Labute approximate surface area is 212 Å². The Morgan fingerprint density at radius 1 is 0.973 bits per heavy atom. The van der Waals surface area contributed by atoms with Gasteiger partial charge >= 0.3 is 12.0 Å². The van der Waals surface area contributed by atoms with Crippen LogP contribution in [0.2, 0.25) is 0 Å². The third-order valence-electron chi connectivity index (χ3n) is 6.09. The molecule has 1 fully saturated rings. The van der Waals surface area contributed by atoms with Crippen LogP contribution in [0.1, 0.15) is 22.3 Å². The van der Waals surface area contributed by atoms with Gasteiger partial charge in [-0.3, -0.25) is 9.59 Å². The Kier molecular flexibility index (Phi) is 6.46. The van der Waals surface area contributed by atoms with E-state index in [-0.39, 0.29) is 19.8 Å². The lowest BCUT2D eigenvalue weighted by Gasteiger charge is -2.22. The predicted octanol–water partition coefficient (Wildman–Crippen LogP) is 3.57. The Morgan fingerprint density at radius 3 is 2.43 bits per heavy atom. The van der Waals surface area contributed by atoms with Crippen molar-refractivity contribution in [2.75, 3.05) is 24.1 Å². The fourth-order valence-electron chi connectivity index (χ4n) is 4.26. The molecule has 10 nitrogen and oxygen atoms in total. The van der Waals surface area contributed by atoms with Crippen LogP contribution in [0.3, 0.4) is 0 Å². The first kappa shape index (κ1) is 23.9. The Balaban J connectivity index is 1.37. The van der Waals surface area contributed by atoms with E-state index in [0.717, 1.165) is 10.5 Å². The minimum atomic E-state index is -1.02. The van der Waals surface area contributed by atoms with Crippen molar-refractivity contribution < 1.29 is 33.4 Å². The number of carbonyl (C=O) groups excluding carboxylic acids is 4. The van der Waals surface area contributed by atoms with Crippen LogP contribution in [-0.4, -0.2) is 48.7 Å². The van der Waals surface area contributed by atoms with Crippen molar-refractivity contribution in [1.82, 2.24) is 4.90 Å². The Hall–Kier alpha value is -4.86. The molecule has 0 saturated carbocycles. The number of methoxy groups -OCH3 is 1. The summed E-state index contributed by atoms with van der Waals surface area (Å²) >= 11 is 0. The number of nitrogens with zero attached hydrogens (tertiary/aromatic N) is 2. The number of esters is 1. The van der Waals surface area contributed by atoms with Gasteiger partial charge in [-0.2, -0.15) is 0 Å². The van der Waals surface area contributed by atoms with E-state index in [1.54, 1.807) is 60.7 Å². The number of para-hydroxylation sites is 1. The van der Waals surface area contributed by atoms with Gasteiger partial charge in [-0.05, 0) is 54.1 Å². The van der Waals surface area contributed by atoms with Crippen LogP contribution in [0.5, 0.6) is 11.5 Å². The highest BCUT2D eigenvalue weighted by Gasteiger charge is 2.46. The van der Waals surface area contributed by atoms with Gasteiger partial charge in [0.1, 0.15) is 6.04 Å². The van der Waals surface area contributed by atoms with E-state index in [0.29, 0.717) is 28.4 Å². The molecule has 2 aliphatic heterocycles. The average Bonchev–Trinajstić information content (AvgIpc) is 3.47. The lowest BCUT2D eigenvalue weighted by Crippen LogP contribution is -2.37. The van der Waals surface area contributed by atoms with Gasteiger partial charge < -0.3 is 24.4 Å². The summed E-state index contributed by atoms with van der Waals surface area (Å²) in [5.41, 5.74) is 1.93. The van der Waals surface area contributed by atoms with Crippen molar-refractivity contribution in [3.05, 3.63) is 83.9 Å². The molecule has 5 rings (SSSR count). The molecule has 0 bridgehead atoms. The lowest BCUT2D eigenvalue weighted by atomic mass is 10.1. The van der Waals surface area contributed by atoms with Gasteiger partial charge in [-0.25, -0.2) is 14.5 Å². The number of rotatable bonds is 7. The summed E-state index contributed by atoms with van der Waals surface area (Å²) in [6.45, 7) is 0.210. The van der Waals surface area contributed by atoms with Gasteiger partial charge in [0.2, 0.25) is 12.7 Å². The third-order valence-corrected chi connectivity index (χ3v) is 6.09. The normalized spacial score (nSPS) is 16.2. The molecule has 0 spiro atoms. The number of imide groups is 1. The number of nitrogens with one attached hydrogen (secondary N) is 1. The van der Waals surface area contributed by atoms with Gasteiger partial charge in [-0.1, -0.05) is 24.3 Å². The number of fused-ring (bicyclic) bond motifs is 1. The SMILES string of the molecule is COC(=O)c1ccc(NC(=O)C[C@@H]2C(=O)N(c3ccccc3)C(=O)N2Cc2ccc3c(c2)OCO3)cc1. The maximum absolute atomic E-state index is 13.4. The van der Waals surface area contributed by atoms with E-state index in [4.69, 9.17) is 9.47 Å². The number of benzene rings is 3. The Morgan fingerprint density at radius 2 is 1.70 bits per heavy atom. The number of ether oxygens (including phenoxy) is 3. The van der Waals surface area contributed by atoms with Crippen molar-refractivity contribution >= 4 is 35.2 Å². The zero-order chi connectivity index (χ0) is 25.9. The summed E-state index contributed by atoms with van der Waals surface area (Å²) in [5, 5.41) is 2.73. The number of urea groups is 1. The zero-order valence-corrected chi connectivity index (χ0v) is 19.9. The third kappa shape index (κ3) is 4.81. The summed E-state index contributed by atoms with van der Waals surface area (Å²) in [4.78, 5) is 53.9. The first-order valence-electron chi connectivity index (χ1n) is 11.5. The molecule has 3 aromatic rings. The van der Waals surface area contributed by atoms with E-state index in [2.05, 4.69) is 10.1 Å². The summed E-state index contributed by atoms with van der Waals surface area (Å²) in [6.07, 6.45) is -0.253. The molecule has 4 amide bonds. The first-order valence-corrected chi connectivity index (χ1v) is 11.5. The molecular weight excluding hydrogens is 478 g/mol.